The molecule has 0 fully saturated rings. The molecule has 0 aromatic rings. The van der Waals surface area contributed by atoms with Crippen LogP contribution in [0.25, 0.3) is 0 Å². The molecule has 0 aromatic carbocycles. The zero-order valence-electron chi connectivity index (χ0n) is 30.3. The fraction of sp³-hybridized carbons (Fsp3) is 1.00. The van der Waals surface area contributed by atoms with Crippen molar-refractivity contribution in [3.05, 3.63) is 0 Å². The molecule has 0 unspecified atom stereocenters. The largest absolute Gasteiger partial charge is 0.601 e. The van der Waals surface area contributed by atoms with E-state index < -0.39 is 133 Å². The monoisotopic (exact) mass is 1250 g/mol. The summed E-state index contributed by atoms with van der Waals surface area (Å²) in [6.07, 6.45) is -87.9. The Bertz CT molecular complexity index is 1730. The van der Waals surface area contributed by atoms with Gasteiger partial charge in [-0.25, -0.2) is 0 Å². The Balaban J connectivity index is 0. The fourth-order valence-corrected chi connectivity index (χ4v) is 7.55. The van der Waals surface area contributed by atoms with Crippen molar-refractivity contribution in [2.45, 2.75) is 115 Å². The lowest BCUT2D eigenvalue weighted by Crippen LogP contribution is -2.79. The molecule has 0 radical (unpaired) electrons. The molecule has 0 amide bonds. The molecule has 54 heteroatoms. The molecule has 0 saturated carbocycles. The van der Waals surface area contributed by atoms with Gasteiger partial charge in [0.2, 0.25) is 0 Å². The maximum atomic E-state index is 14.3. The van der Waals surface area contributed by atoms with Crippen molar-refractivity contribution in [1.82, 2.24) is 0 Å². The number of hydrogen-bond acceptors (Lipinski definition) is 6. The fourth-order valence-electron chi connectivity index (χ4n) is 3.18. The summed E-state index contributed by atoms with van der Waals surface area (Å²) < 4.78 is 595. The predicted molar refractivity (Wildman–Crippen MR) is 121 cm³/mol. The summed E-state index contributed by atoms with van der Waals surface area (Å²) in [6, 6.07) is 0. The Labute approximate surface area is 362 Å². The van der Waals surface area contributed by atoms with E-state index in [-0.39, 0.29) is 0 Å². The number of alkyl halides is 46. The smallest absolute Gasteiger partial charge is 0.302 e. The van der Waals surface area contributed by atoms with Crippen LogP contribution in [0.5, 0.6) is 0 Å². The van der Waals surface area contributed by atoms with E-state index in [2.05, 4.69) is 0 Å². The van der Waals surface area contributed by atoms with Gasteiger partial charge in [-0.15, -0.1) is 39.5 Å². The van der Waals surface area contributed by atoms with Gasteiger partial charge in [0.1, 0.15) is 0 Å². The van der Waals surface area contributed by atoms with Crippen LogP contribution in [-0.2, 0) is 26.6 Å². The average Bonchev–Trinajstić information content (AvgIpc) is 3.02. The Morgan fingerprint density at radius 1 is 0.164 bits per heavy atom. The maximum Gasteiger partial charge on any atom is 0.601 e. The summed E-state index contributed by atoms with van der Waals surface area (Å²) in [5.41, 5.74) is -18.1. The highest BCUT2D eigenvalue weighted by Gasteiger charge is 2.97. The Morgan fingerprint density at radius 2 is 0.315 bits per heavy atom. The van der Waals surface area contributed by atoms with Gasteiger partial charge in [-0.05, 0) is 0 Å². The standard InChI is InChI=1S/C11F26O3Si.C8F20O3Si/c12-1(13,2(14,15)4(18,19)20)3(16,17)11(36,37)41(38-8(30,31)5(21,22)23,39-9(32,33)6(24,25)26)40-10(34,35)7(27,28)29;9-1(10,2(11,12)4(15,16)17)3(13,14)5(18,19)32(29-6(20,21)22,30-7(23,24)25)31-8(26,27)28. The molecule has 0 aliphatic carbocycles. The van der Waals surface area contributed by atoms with Gasteiger partial charge in [0.25, 0.3) is 0 Å². The lowest BCUT2D eigenvalue weighted by molar-refractivity contribution is -0.446. The second kappa shape index (κ2) is 19.2. The van der Waals surface area contributed by atoms with E-state index in [1.54, 1.807) is 0 Å². The van der Waals surface area contributed by atoms with E-state index in [0.29, 0.717) is 0 Å². The van der Waals surface area contributed by atoms with Gasteiger partial charge in [0.15, 0.2) is 0 Å². The number of hydrogen-bond donors (Lipinski definition) is 0. The van der Waals surface area contributed by atoms with Gasteiger partial charge in [0.05, 0.1) is 0 Å². The minimum Gasteiger partial charge on any atom is -0.302 e. The predicted octanol–water partition coefficient (Wildman–Crippen LogP) is 14.3. The summed E-state index contributed by atoms with van der Waals surface area (Å²) in [6.45, 7) is 0. The van der Waals surface area contributed by atoms with E-state index in [4.69, 9.17) is 0 Å². The Kier molecular flexibility index (Phi) is 18.9. The molecule has 0 N–H and O–H groups in total. The maximum absolute atomic E-state index is 14.3. The molecule has 73 heavy (non-hydrogen) atoms. The SMILES string of the molecule is FC(F)(F)C(F)(F)O[Si](OC(F)(F)C(F)(F)F)(OC(F)(F)C(F)(F)F)C(F)(F)C(F)(F)C(F)(F)C(F)(F)C(F)(F)F.FC(F)(F)O[Si](OC(F)(F)F)(OC(F)(F)F)C(F)(F)C(F)(F)C(F)(F)C(F)(F)C(F)(F)F. The van der Waals surface area contributed by atoms with Crippen LogP contribution in [0.1, 0.15) is 0 Å². The van der Waals surface area contributed by atoms with E-state index in [1.165, 1.54) is 26.6 Å². The van der Waals surface area contributed by atoms with Crippen molar-refractivity contribution in [3.63, 3.8) is 0 Å². The summed E-state index contributed by atoms with van der Waals surface area (Å²) in [5, 5.41) is 0. The van der Waals surface area contributed by atoms with Crippen LogP contribution in [0.2, 0.25) is 0 Å². The lowest BCUT2D eigenvalue weighted by atomic mass is 10.0. The van der Waals surface area contributed by atoms with E-state index in [9.17, 15) is 202 Å². The van der Waals surface area contributed by atoms with Gasteiger partial charge >= 0.3 is 133 Å². The molecule has 0 bridgehead atoms. The van der Waals surface area contributed by atoms with Gasteiger partial charge in [0, 0.05) is 0 Å². The third kappa shape index (κ3) is 13.8. The minimum absolute atomic E-state index is 1.18. The van der Waals surface area contributed by atoms with Gasteiger partial charge < -0.3 is 13.3 Å². The first-order valence-corrected chi connectivity index (χ1v) is 17.8. The summed E-state index contributed by atoms with van der Waals surface area (Å²) in [7, 11) is -21.3. The quantitative estimate of drug-likeness (QED) is 0.107. The van der Waals surface area contributed by atoms with Crippen molar-refractivity contribution in [2.75, 3.05) is 0 Å². The summed E-state index contributed by atoms with van der Waals surface area (Å²) in [4.78, 5) is 0. The normalized spacial score (nSPS) is 16.7. The second-order valence-electron chi connectivity index (χ2n) is 11.7. The van der Waals surface area contributed by atoms with Crippen molar-refractivity contribution in [3.8, 4) is 0 Å². The minimum atomic E-state index is -11.3. The second-order valence-corrected chi connectivity index (χ2v) is 16.4. The topological polar surface area (TPSA) is 55.4 Å². The molecule has 0 aromatic heterocycles. The Morgan fingerprint density at radius 3 is 0.438 bits per heavy atom. The molecule has 0 rings (SSSR count). The number of halogens is 46. The highest BCUT2D eigenvalue weighted by molar-refractivity contribution is 6.64. The van der Waals surface area contributed by atoms with Crippen LogP contribution in [0, 0.1) is 0 Å². The third-order valence-electron chi connectivity index (χ3n) is 6.38. The first-order chi connectivity index (χ1) is 30.5. The molecule has 0 heterocycles. The summed E-state index contributed by atoms with van der Waals surface area (Å²) >= 11 is 0. The first kappa shape index (κ1) is 72.0. The molecular formula is C19F46O6Si2. The van der Waals surface area contributed by atoms with E-state index in [0.717, 1.165) is 0 Å². The van der Waals surface area contributed by atoms with Crippen LogP contribution in [0.4, 0.5) is 202 Å². The molecule has 6 nitrogen and oxygen atoms in total. The Hall–Kier alpha value is -3.03. The van der Waals surface area contributed by atoms with Crippen molar-refractivity contribution in [1.29, 1.82) is 0 Å². The highest BCUT2D eigenvalue weighted by Crippen LogP contribution is 2.64. The van der Waals surface area contributed by atoms with E-state index in [1.807, 2.05) is 0 Å². The molecule has 0 aliphatic heterocycles. The van der Waals surface area contributed by atoms with Crippen molar-refractivity contribution < 1.29 is 229 Å². The van der Waals surface area contributed by atoms with Crippen LogP contribution >= 0.6 is 0 Å². The van der Waals surface area contributed by atoms with Crippen LogP contribution in [0.15, 0.2) is 0 Å². The molecule has 0 aliphatic rings. The highest BCUT2D eigenvalue weighted by atomic mass is 28.4. The molecule has 0 saturated heterocycles. The first-order valence-electron chi connectivity index (χ1n) is 14.4. The average molecular weight is 1250 g/mol. The van der Waals surface area contributed by atoms with Crippen LogP contribution in [-0.4, -0.2) is 133 Å². The lowest BCUT2D eigenvalue weighted by Gasteiger charge is -2.45. The van der Waals surface area contributed by atoms with E-state index >= 15 is 0 Å². The van der Waals surface area contributed by atoms with Crippen LogP contribution in [0.3, 0.4) is 0 Å². The number of rotatable bonds is 17. The van der Waals surface area contributed by atoms with Crippen molar-refractivity contribution >= 4 is 17.6 Å². The van der Waals surface area contributed by atoms with Gasteiger partial charge in [-0.1, -0.05) is 0 Å². The third-order valence-corrected chi connectivity index (χ3v) is 11.6. The zero-order valence-corrected chi connectivity index (χ0v) is 32.3. The van der Waals surface area contributed by atoms with Crippen LogP contribution < -0.4 is 0 Å². The zero-order chi connectivity index (χ0) is 60.7. The van der Waals surface area contributed by atoms with Crippen molar-refractivity contribution in [2.24, 2.45) is 0 Å². The molecule has 0 spiro atoms. The summed E-state index contributed by atoms with van der Waals surface area (Å²) in [5.74, 6) is -53.5. The molecule has 442 valence electrons. The molecule has 0 atom stereocenters. The molecular weight excluding hydrogens is 1250 g/mol. The van der Waals surface area contributed by atoms with Gasteiger partial charge in [-0.2, -0.15) is 162 Å². The van der Waals surface area contributed by atoms with Gasteiger partial charge in [-0.3, -0.25) is 13.3 Å².